The van der Waals surface area contributed by atoms with Crippen molar-refractivity contribution in [1.82, 2.24) is 0 Å². The highest BCUT2D eigenvalue weighted by atomic mass is 16.5. The van der Waals surface area contributed by atoms with E-state index in [0.29, 0.717) is 11.3 Å². The molecule has 0 aliphatic carbocycles. The van der Waals surface area contributed by atoms with E-state index < -0.39 is 0 Å². The summed E-state index contributed by atoms with van der Waals surface area (Å²) < 4.78 is 5.39. The minimum absolute atomic E-state index is 0.0631. The third-order valence-electron chi connectivity index (χ3n) is 2.85. The molecule has 0 fully saturated rings. The van der Waals surface area contributed by atoms with Crippen molar-refractivity contribution >= 4 is 5.78 Å². The zero-order chi connectivity index (χ0) is 13.9. The van der Waals surface area contributed by atoms with E-state index in [1.54, 1.807) is 6.07 Å². The number of carbonyl (C=O) groups excluding carboxylic acids is 1. The molecule has 0 atom stereocenters. The second kappa shape index (κ2) is 4.94. The highest BCUT2D eigenvalue weighted by Gasteiger charge is 2.27. The molecule has 1 N–H and O–H groups in total. The molecule has 20 heavy (non-hydrogen) atoms. The Hall–Kier alpha value is -2.99. The second-order valence-electron chi connectivity index (χ2n) is 4.26. The first-order valence-electron chi connectivity index (χ1n) is 6.06. The van der Waals surface area contributed by atoms with Gasteiger partial charge in [0.2, 0.25) is 5.78 Å². The van der Waals surface area contributed by atoms with Crippen molar-refractivity contribution in [2.24, 2.45) is 0 Å². The zero-order valence-corrected chi connectivity index (χ0v) is 10.5. The van der Waals surface area contributed by atoms with E-state index in [0.717, 1.165) is 5.56 Å². The fraction of sp³-hybridized carbons (Fsp3) is 0. The lowest BCUT2D eigenvalue weighted by Crippen LogP contribution is -1.97. The smallest absolute Gasteiger partial charge is 0.232 e. The van der Waals surface area contributed by atoms with Gasteiger partial charge in [-0.05, 0) is 24.3 Å². The molecule has 2 aromatic rings. The maximum Gasteiger partial charge on any atom is 0.232 e. The van der Waals surface area contributed by atoms with Crippen molar-refractivity contribution in [2.75, 3.05) is 0 Å². The Morgan fingerprint density at radius 1 is 1.10 bits per heavy atom. The van der Waals surface area contributed by atoms with Crippen LogP contribution in [0.2, 0.25) is 0 Å². The minimum atomic E-state index is -0.220. The SMILES string of the molecule is O=C1/C(=C/C#Cc2ccccc2)Oc2cc(O)ccc21. The van der Waals surface area contributed by atoms with Crippen molar-refractivity contribution in [3.05, 3.63) is 71.5 Å². The van der Waals surface area contributed by atoms with Crippen LogP contribution in [0.15, 0.2) is 60.4 Å². The summed E-state index contributed by atoms with van der Waals surface area (Å²) in [6.45, 7) is 0. The Kier molecular flexibility index (Phi) is 2.98. The van der Waals surface area contributed by atoms with Crippen molar-refractivity contribution in [3.8, 4) is 23.3 Å². The van der Waals surface area contributed by atoms with E-state index in [9.17, 15) is 9.90 Å². The van der Waals surface area contributed by atoms with Gasteiger partial charge in [-0.3, -0.25) is 4.79 Å². The number of allylic oxidation sites excluding steroid dienone is 2. The molecule has 2 aromatic carbocycles. The first-order valence-corrected chi connectivity index (χ1v) is 6.06. The number of phenols is 1. The number of hydrogen-bond donors (Lipinski definition) is 1. The molecule has 1 aliphatic heterocycles. The average Bonchev–Trinajstić information content (AvgIpc) is 2.76. The summed E-state index contributed by atoms with van der Waals surface area (Å²) in [6.07, 6.45) is 1.45. The quantitative estimate of drug-likeness (QED) is 0.586. The van der Waals surface area contributed by atoms with Crippen LogP contribution in [0, 0.1) is 11.8 Å². The van der Waals surface area contributed by atoms with Crippen molar-refractivity contribution in [1.29, 1.82) is 0 Å². The van der Waals surface area contributed by atoms with Gasteiger partial charge in [-0.15, -0.1) is 0 Å². The molecule has 0 saturated heterocycles. The van der Waals surface area contributed by atoms with E-state index in [1.807, 2.05) is 30.3 Å². The van der Waals surface area contributed by atoms with Crippen LogP contribution in [0.1, 0.15) is 15.9 Å². The van der Waals surface area contributed by atoms with Gasteiger partial charge in [0, 0.05) is 17.7 Å². The molecular weight excluding hydrogens is 252 g/mol. The third kappa shape index (κ3) is 2.27. The number of rotatable bonds is 0. The van der Waals surface area contributed by atoms with Gasteiger partial charge in [-0.2, -0.15) is 0 Å². The molecule has 0 saturated carbocycles. The Bertz CT molecular complexity index is 762. The fourth-order valence-corrected chi connectivity index (χ4v) is 1.88. The standard InChI is InChI=1S/C17H10O3/c18-13-9-10-14-16(11-13)20-15(17(14)19)8-4-7-12-5-2-1-3-6-12/h1-3,5-6,8-11,18H/b15-8-. The lowest BCUT2D eigenvalue weighted by Gasteiger charge is -1.96. The van der Waals surface area contributed by atoms with E-state index in [-0.39, 0.29) is 17.3 Å². The van der Waals surface area contributed by atoms with E-state index in [4.69, 9.17) is 4.74 Å². The number of aromatic hydroxyl groups is 1. The summed E-state index contributed by atoms with van der Waals surface area (Å²) in [7, 11) is 0. The van der Waals surface area contributed by atoms with Crippen LogP contribution in [-0.2, 0) is 0 Å². The molecule has 3 heteroatoms. The molecule has 1 aliphatic rings. The monoisotopic (exact) mass is 262 g/mol. The van der Waals surface area contributed by atoms with E-state index in [1.165, 1.54) is 18.2 Å². The van der Waals surface area contributed by atoms with Crippen molar-refractivity contribution in [2.45, 2.75) is 0 Å². The van der Waals surface area contributed by atoms with Crippen LogP contribution in [0.4, 0.5) is 0 Å². The van der Waals surface area contributed by atoms with Crippen LogP contribution in [0.3, 0.4) is 0 Å². The number of ketones is 1. The summed E-state index contributed by atoms with van der Waals surface area (Å²) in [5.41, 5.74) is 1.31. The Balaban J connectivity index is 1.86. The van der Waals surface area contributed by atoms with Gasteiger partial charge < -0.3 is 9.84 Å². The van der Waals surface area contributed by atoms with Crippen LogP contribution in [-0.4, -0.2) is 10.9 Å². The lowest BCUT2D eigenvalue weighted by molar-refractivity contribution is 0.101. The Morgan fingerprint density at radius 2 is 1.90 bits per heavy atom. The molecule has 3 rings (SSSR count). The number of Topliss-reactive ketones (excluding diaryl/α,β-unsaturated/α-hetero) is 1. The summed E-state index contributed by atoms with van der Waals surface area (Å²) >= 11 is 0. The van der Waals surface area contributed by atoms with Crippen molar-refractivity contribution < 1.29 is 14.6 Å². The average molecular weight is 262 g/mol. The first-order chi connectivity index (χ1) is 9.74. The van der Waals surface area contributed by atoms with Gasteiger partial charge in [0.25, 0.3) is 0 Å². The van der Waals surface area contributed by atoms with Gasteiger partial charge in [-0.25, -0.2) is 0 Å². The molecule has 0 spiro atoms. The van der Waals surface area contributed by atoms with Gasteiger partial charge in [0.15, 0.2) is 5.76 Å². The van der Waals surface area contributed by atoms with Gasteiger partial charge >= 0.3 is 0 Å². The first kappa shape index (κ1) is 12.1. The lowest BCUT2D eigenvalue weighted by atomic mass is 10.1. The molecule has 0 unspecified atom stereocenters. The molecule has 1 heterocycles. The maximum atomic E-state index is 12.0. The van der Waals surface area contributed by atoms with E-state index in [2.05, 4.69) is 11.8 Å². The summed E-state index contributed by atoms with van der Waals surface area (Å²) in [5, 5.41) is 9.35. The van der Waals surface area contributed by atoms with Gasteiger partial charge in [0.05, 0.1) is 5.56 Å². The van der Waals surface area contributed by atoms with Gasteiger partial charge in [0.1, 0.15) is 11.5 Å². The maximum absolute atomic E-state index is 12.0. The number of hydrogen-bond acceptors (Lipinski definition) is 3. The molecule has 0 radical (unpaired) electrons. The minimum Gasteiger partial charge on any atom is -0.508 e. The summed E-state index contributed by atoms with van der Waals surface area (Å²) in [5.74, 6) is 6.11. The molecule has 3 nitrogen and oxygen atoms in total. The van der Waals surface area contributed by atoms with E-state index >= 15 is 0 Å². The van der Waals surface area contributed by atoms with Crippen LogP contribution >= 0.6 is 0 Å². The molecule has 0 aromatic heterocycles. The summed E-state index contributed by atoms with van der Waals surface area (Å²) in [4.78, 5) is 12.0. The molecule has 96 valence electrons. The highest BCUT2D eigenvalue weighted by Crippen LogP contribution is 2.33. The Labute approximate surface area is 116 Å². The van der Waals surface area contributed by atoms with Crippen LogP contribution in [0.25, 0.3) is 0 Å². The fourth-order valence-electron chi connectivity index (χ4n) is 1.88. The highest BCUT2D eigenvalue weighted by molar-refractivity contribution is 6.12. The topological polar surface area (TPSA) is 46.5 Å². The molecule has 0 bridgehead atoms. The number of fused-ring (bicyclic) bond motifs is 1. The van der Waals surface area contributed by atoms with Crippen molar-refractivity contribution in [3.63, 3.8) is 0 Å². The summed E-state index contributed by atoms with van der Waals surface area (Å²) in [6, 6.07) is 13.9. The third-order valence-corrected chi connectivity index (χ3v) is 2.85. The normalized spacial score (nSPS) is 14.4. The largest absolute Gasteiger partial charge is 0.508 e. The zero-order valence-electron chi connectivity index (χ0n) is 10.5. The second-order valence-corrected chi connectivity index (χ2v) is 4.26. The predicted molar refractivity (Wildman–Crippen MR) is 74.5 cm³/mol. The predicted octanol–water partition coefficient (Wildman–Crippen LogP) is 2.90. The number of ether oxygens (including phenoxy) is 1. The van der Waals surface area contributed by atoms with Gasteiger partial charge in [-0.1, -0.05) is 30.0 Å². The Morgan fingerprint density at radius 3 is 2.70 bits per heavy atom. The van der Waals surface area contributed by atoms with Crippen LogP contribution in [0.5, 0.6) is 11.5 Å². The molecular formula is C17H10O3. The van der Waals surface area contributed by atoms with Crippen LogP contribution < -0.4 is 4.74 Å². The molecule has 0 amide bonds. The number of benzene rings is 2. The number of carbonyl (C=O) groups is 1. The number of phenolic OH excluding ortho intramolecular Hbond substituents is 1.